The SMILES string of the molecule is Cc1ccc(-c2cc3c(cc2C(C)(C)C)-c2cc(C(C)(C)C)c(-c4ccc(C)cc4)[c]([Zr+2](=[C](CC(C)C)CC(C)C)[CH]4C=CC=C4)c2C3)cc1.[Cl-].[Cl-]. The van der Waals surface area contributed by atoms with Crippen molar-refractivity contribution in [2.24, 2.45) is 11.8 Å². The van der Waals surface area contributed by atoms with Crippen molar-refractivity contribution in [3.8, 4) is 33.4 Å². The standard InChI is InChI=1S/C35H37.C9H18.C5H5.2ClH.Zr/c1-22-9-13-24(14-10-22)30-18-26-17-27-19-31(25-15-11-23(2)12-16-25)33(35(6,7)8)21-29(27)28(26)20-32(30)34(3,4)5;1-8(2)6-5-7-9(3)4;1-2-4-5-3-1;;;/h9-16,18,20-21H,17H2,1-8H3;8-9H,6-7H2,1-4H3;1-5H;2*1H;/q;;;;;+2/p-2. The quantitative estimate of drug-likeness (QED) is 0.155. The van der Waals surface area contributed by atoms with Gasteiger partial charge in [-0.2, -0.15) is 0 Å². The molecule has 274 valence electrons. The average Bonchev–Trinajstić information content (AvgIpc) is 3.68. The van der Waals surface area contributed by atoms with Crippen molar-refractivity contribution >= 4 is 6.48 Å². The molecule has 2 aliphatic carbocycles. The smallest absolute Gasteiger partial charge is 1.00 e. The van der Waals surface area contributed by atoms with Crippen molar-refractivity contribution in [2.75, 3.05) is 0 Å². The normalized spacial score (nSPS) is 13.5. The van der Waals surface area contributed by atoms with Gasteiger partial charge < -0.3 is 24.8 Å². The Kier molecular flexibility index (Phi) is 13.5. The van der Waals surface area contributed by atoms with Gasteiger partial charge in [0.1, 0.15) is 0 Å². The zero-order chi connectivity index (χ0) is 36.1. The number of benzene rings is 4. The predicted octanol–water partition coefficient (Wildman–Crippen LogP) is 7.23. The number of rotatable bonds is 8. The molecule has 0 aromatic heterocycles. The van der Waals surface area contributed by atoms with Crippen LogP contribution in [0.5, 0.6) is 0 Å². The number of halogens is 2. The maximum Gasteiger partial charge on any atom is -1.00 e. The van der Waals surface area contributed by atoms with Gasteiger partial charge in [-0.3, -0.25) is 0 Å². The van der Waals surface area contributed by atoms with Crippen LogP contribution in [0.25, 0.3) is 33.4 Å². The van der Waals surface area contributed by atoms with Crippen molar-refractivity contribution in [3.05, 3.63) is 124 Å². The second-order valence-corrected chi connectivity index (χ2v) is 24.8. The summed E-state index contributed by atoms with van der Waals surface area (Å²) in [6.45, 7) is 28.7. The summed E-state index contributed by atoms with van der Waals surface area (Å²) in [6, 6.07) is 26.6. The van der Waals surface area contributed by atoms with Crippen LogP contribution in [0.1, 0.15) is 115 Å². The number of hydrogen-bond acceptors (Lipinski definition) is 0. The maximum atomic E-state index is 2.64. The Bertz CT molecular complexity index is 1970. The van der Waals surface area contributed by atoms with E-state index in [2.05, 4.69) is 174 Å². The molecule has 0 spiro atoms. The first-order chi connectivity index (χ1) is 23.5. The molecule has 0 nitrogen and oxygen atoms in total. The van der Waals surface area contributed by atoms with Crippen molar-refractivity contribution in [2.45, 2.75) is 117 Å². The molecule has 0 amide bonds. The number of hydrogen-bond donors (Lipinski definition) is 0. The van der Waals surface area contributed by atoms with Crippen LogP contribution in [0.3, 0.4) is 0 Å². The number of allylic oxidation sites excluding steroid dienone is 4. The van der Waals surface area contributed by atoms with Gasteiger partial charge in [-0.15, -0.1) is 0 Å². The van der Waals surface area contributed by atoms with Crippen molar-refractivity contribution in [3.63, 3.8) is 0 Å². The van der Waals surface area contributed by atoms with E-state index in [1.165, 1.54) is 68.5 Å². The molecule has 0 atom stereocenters. The third-order valence-corrected chi connectivity index (χ3v) is 18.8. The van der Waals surface area contributed by atoms with Crippen LogP contribution in [0.15, 0.2) is 91.0 Å². The van der Waals surface area contributed by atoms with Gasteiger partial charge in [-0.05, 0) is 0 Å². The molecule has 0 aliphatic heterocycles. The molecule has 0 heterocycles. The Morgan fingerprint density at radius 2 is 1.12 bits per heavy atom. The van der Waals surface area contributed by atoms with E-state index in [0.717, 1.165) is 6.42 Å². The van der Waals surface area contributed by atoms with E-state index in [1.54, 1.807) is 14.4 Å². The topological polar surface area (TPSA) is 0 Å². The summed E-state index contributed by atoms with van der Waals surface area (Å²) in [6.07, 6.45) is 13.3. The third kappa shape index (κ3) is 8.80. The Hall–Kier alpha value is -2.31. The second-order valence-electron chi connectivity index (χ2n) is 18.2. The predicted molar refractivity (Wildman–Crippen MR) is 218 cm³/mol. The van der Waals surface area contributed by atoms with Gasteiger partial charge in [0, 0.05) is 0 Å². The van der Waals surface area contributed by atoms with Crippen LogP contribution >= 0.6 is 0 Å². The summed E-state index contributed by atoms with van der Waals surface area (Å²) in [5.41, 5.74) is 17.4. The minimum absolute atomic E-state index is 0. The average molecular weight is 811 g/mol. The summed E-state index contributed by atoms with van der Waals surface area (Å²) in [5.74, 6) is 1.30. The summed E-state index contributed by atoms with van der Waals surface area (Å²) in [4.78, 5) is 0. The minimum atomic E-state index is -2.61. The first-order valence-electron chi connectivity index (χ1n) is 19.1. The summed E-state index contributed by atoms with van der Waals surface area (Å²) in [5, 5.41) is 0. The van der Waals surface area contributed by atoms with Crippen LogP contribution in [-0.4, -0.2) is 3.21 Å². The van der Waals surface area contributed by atoms with E-state index in [9.17, 15) is 0 Å². The van der Waals surface area contributed by atoms with Gasteiger partial charge >= 0.3 is 314 Å². The van der Waals surface area contributed by atoms with E-state index in [1.807, 2.05) is 3.21 Å². The first-order valence-corrected chi connectivity index (χ1v) is 23.0. The van der Waals surface area contributed by atoms with E-state index in [-0.39, 0.29) is 35.6 Å². The second kappa shape index (κ2) is 16.6. The zero-order valence-electron chi connectivity index (χ0n) is 33.8. The third-order valence-electron chi connectivity index (χ3n) is 10.7. The van der Waals surface area contributed by atoms with Crippen LogP contribution in [-0.2, 0) is 38.5 Å². The van der Waals surface area contributed by atoms with Gasteiger partial charge in [0.05, 0.1) is 0 Å². The Morgan fingerprint density at radius 3 is 1.60 bits per heavy atom. The fourth-order valence-corrected chi connectivity index (χ4v) is 18.5. The number of fused-ring (bicyclic) bond motifs is 3. The molecule has 0 bridgehead atoms. The van der Waals surface area contributed by atoms with Gasteiger partial charge in [0.15, 0.2) is 0 Å². The fourth-order valence-electron chi connectivity index (χ4n) is 8.37. The molecule has 0 saturated carbocycles. The maximum absolute atomic E-state index is 2.64. The Morgan fingerprint density at radius 1 is 0.635 bits per heavy atom. The zero-order valence-corrected chi connectivity index (χ0v) is 37.7. The monoisotopic (exact) mass is 808 g/mol. The molecular weight excluding hydrogens is 751 g/mol. The van der Waals surface area contributed by atoms with Gasteiger partial charge in [0.2, 0.25) is 0 Å². The van der Waals surface area contributed by atoms with Crippen LogP contribution < -0.4 is 28.1 Å². The van der Waals surface area contributed by atoms with Crippen LogP contribution in [0.2, 0.25) is 3.63 Å². The Labute approximate surface area is 336 Å². The molecule has 0 saturated heterocycles. The molecule has 3 heteroatoms. The summed E-state index contributed by atoms with van der Waals surface area (Å²) >= 11 is -2.61. The molecule has 0 unspecified atom stereocenters. The van der Waals surface area contributed by atoms with Gasteiger partial charge in [0.25, 0.3) is 0 Å². The molecule has 0 radical (unpaired) electrons. The van der Waals surface area contributed by atoms with E-state index in [0.29, 0.717) is 15.5 Å². The molecule has 2 aliphatic rings. The van der Waals surface area contributed by atoms with Crippen LogP contribution in [0, 0.1) is 25.7 Å². The van der Waals surface area contributed by atoms with Crippen LogP contribution in [0.4, 0.5) is 0 Å². The summed E-state index contributed by atoms with van der Waals surface area (Å²) < 4.78 is 4.24. The van der Waals surface area contributed by atoms with Crippen molar-refractivity contribution in [1.29, 1.82) is 0 Å². The largest absolute Gasteiger partial charge is 1.00 e. The molecule has 52 heavy (non-hydrogen) atoms. The first kappa shape index (κ1) is 42.4. The fraction of sp³-hybridized carbons (Fsp3) is 0.408. The molecule has 4 aromatic rings. The molecular formula is C49H60Cl2Zr. The minimum Gasteiger partial charge on any atom is -1.00 e. The summed E-state index contributed by atoms with van der Waals surface area (Å²) in [7, 11) is 0. The van der Waals surface area contributed by atoms with E-state index >= 15 is 0 Å². The molecule has 6 rings (SSSR count). The van der Waals surface area contributed by atoms with E-state index in [4.69, 9.17) is 0 Å². The molecule has 4 aromatic carbocycles. The van der Waals surface area contributed by atoms with Crippen molar-refractivity contribution in [1.82, 2.24) is 0 Å². The van der Waals surface area contributed by atoms with E-state index < -0.39 is 21.3 Å². The van der Waals surface area contributed by atoms with Gasteiger partial charge in [-0.25, -0.2) is 0 Å². The Balaban J connectivity index is 0.00000302. The molecule has 0 fully saturated rings. The number of aryl methyl sites for hydroxylation is 2. The molecule has 0 N–H and O–H groups in total. The van der Waals surface area contributed by atoms with Gasteiger partial charge in [-0.1, -0.05) is 0 Å². The van der Waals surface area contributed by atoms with Crippen molar-refractivity contribution < 1.29 is 46.1 Å².